The van der Waals surface area contributed by atoms with Crippen LogP contribution in [0.2, 0.25) is 19.1 Å². The van der Waals surface area contributed by atoms with Gasteiger partial charge >= 0.3 is 0 Å². The lowest BCUT2D eigenvalue weighted by Gasteiger charge is -2.28. The normalized spacial score (nSPS) is 20.6. The van der Waals surface area contributed by atoms with Gasteiger partial charge in [-0.2, -0.15) is 5.10 Å². The summed E-state index contributed by atoms with van der Waals surface area (Å²) in [6.07, 6.45) is 4.61. The van der Waals surface area contributed by atoms with Crippen molar-refractivity contribution in [3.63, 3.8) is 0 Å². The zero-order chi connectivity index (χ0) is 9.31. The van der Waals surface area contributed by atoms with Crippen molar-refractivity contribution < 1.29 is 0 Å². The van der Waals surface area contributed by atoms with E-state index in [0.29, 0.717) is 0 Å². The van der Waals surface area contributed by atoms with E-state index < -0.39 is 8.24 Å². The maximum atomic E-state index is 4.24. The van der Waals surface area contributed by atoms with Gasteiger partial charge < -0.3 is 4.57 Å². The van der Waals surface area contributed by atoms with Crippen molar-refractivity contribution in [1.29, 1.82) is 0 Å². The average Bonchev–Trinajstić information content (AvgIpc) is 2.47. The Labute approximate surface area is 79.1 Å². The molecule has 0 bridgehead atoms. The Kier molecular flexibility index (Phi) is 2.03. The Hall–Kier alpha value is -0.973. The van der Waals surface area contributed by atoms with Gasteiger partial charge in [-0.25, -0.2) is 4.98 Å². The number of anilines is 1. The average molecular weight is 194 g/mol. The molecule has 0 atom stereocenters. The van der Waals surface area contributed by atoms with Gasteiger partial charge in [-0.1, -0.05) is 13.1 Å². The molecule has 0 spiro atoms. The second-order valence-electron chi connectivity index (χ2n) is 4.01. The molecule has 70 valence electrons. The summed E-state index contributed by atoms with van der Waals surface area (Å²) in [5, 5.41) is 7.92. The molecule has 1 aliphatic rings. The highest BCUT2D eigenvalue weighted by atomic mass is 28.3. The summed E-state index contributed by atoms with van der Waals surface area (Å²) in [5.41, 5.74) is 0. The smallest absolute Gasteiger partial charge is 0.237 e. The van der Waals surface area contributed by atoms with E-state index in [2.05, 4.69) is 32.8 Å². The molecule has 2 heterocycles. The summed E-state index contributed by atoms with van der Waals surface area (Å²) in [6, 6.07) is 1.34. The van der Waals surface area contributed by atoms with Gasteiger partial charge in [0.25, 0.3) is 0 Å². The highest BCUT2D eigenvalue weighted by molar-refractivity contribution is 6.81. The molecule has 0 unspecified atom stereocenters. The highest BCUT2D eigenvalue weighted by Crippen LogP contribution is 2.28. The second kappa shape index (κ2) is 3.06. The summed E-state index contributed by atoms with van der Waals surface area (Å²) in [6.45, 7) is 5.82. The number of hydrogen-bond acceptors (Lipinski definition) is 4. The lowest BCUT2D eigenvalue weighted by Crippen LogP contribution is -2.44. The van der Waals surface area contributed by atoms with Gasteiger partial charge in [0.2, 0.25) is 5.95 Å². The quantitative estimate of drug-likeness (QED) is 0.632. The standard InChI is InChI=1S/C8H14N4Si/c1-13(2)7-3-6-12(13)8-9-4-5-10-11-8/h4-5H,3,6-7H2,1-2H3. The molecule has 13 heavy (non-hydrogen) atoms. The van der Waals surface area contributed by atoms with Crippen LogP contribution >= 0.6 is 0 Å². The highest BCUT2D eigenvalue weighted by Gasteiger charge is 2.36. The van der Waals surface area contributed by atoms with Crippen LogP contribution in [0.15, 0.2) is 12.4 Å². The van der Waals surface area contributed by atoms with Crippen LogP contribution in [0.3, 0.4) is 0 Å². The fourth-order valence-electron chi connectivity index (χ4n) is 1.84. The first kappa shape index (κ1) is 8.62. The van der Waals surface area contributed by atoms with Crippen molar-refractivity contribution >= 4 is 14.2 Å². The minimum Gasteiger partial charge on any atom is -0.367 e. The van der Waals surface area contributed by atoms with E-state index in [9.17, 15) is 0 Å². The summed E-state index contributed by atoms with van der Waals surface area (Å²) in [7, 11) is -1.24. The predicted molar refractivity (Wildman–Crippen MR) is 54.1 cm³/mol. The largest absolute Gasteiger partial charge is 0.367 e. The fourth-order valence-corrected chi connectivity index (χ4v) is 4.54. The Bertz CT molecular complexity index is 287. The lowest BCUT2D eigenvalue weighted by molar-refractivity contribution is 0.891. The molecule has 0 aliphatic carbocycles. The minimum absolute atomic E-state index is 0.816. The maximum absolute atomic E-state index is 4.24. The molecule has 1 aromatic rings. The first-order chi connectivity index (χ1) is 6.20. The van der Waals surface area contributed by atoms with Gasteiger partial charge in [0.15, 0.2) is 8.24 Å². The monoisotopic (exact) mass is 194 g/mol. The van der Waals surface area contributed by atoms with Gasteiger partial charge in [0.05, 0.1) is 12.4 Å². The first-order valence-corrected chi connectivity index (χ1v) is 7.77. The molecule has 2 rings (SSSR count). The third-order valence-corrected chi connectivity index (χ3v) is 6.08. The Morgan fingerprint density at radius 1 is 1.38 bits per heavy atom. The molecule has 0 N–H and O–H groups in total. The van der Waals surface area contributed by atoms with Gasteiger partial charge in [0, 0.05) is 6.54 Å². The summed E-state index contributed by atoms with van der Waals surface area (Å²) < 4.78 is 2.36. The molecular weight excluding hydrogens is 180 g/mol. The molecular formula is C8H14N4Si. The van der Waals surface area contributed by atoms with E-state index in [4.69, 9.17) is 0 Å². The van der Waals surface area contributed by atoms with Crippen molar-refractivity contribution in [2.75, 3.05) is 11.1 Å². The summed E-state index contributed by atoms with van der Waals surface area (Å²) in [4.78, 5) is 4.24. The molecule has 0 radical (unpaired) electrons. The topological polar surface area (TPSA) is 41.9 Å². The number of aromatic nitrogens is 3. The van der Waals surface area contributed by atoms with Crippen LogP contribution in [-0.2, 0) is 0 Å². The van der Waals surface area contributed by atoms with Gasteiger partial charge in [-0.15, -0.1) is 5.10 Å². The van der Waals surface area contributed by atoms with Crippen LogP contribution in [0.1, 0.15) is 6.42 Å². The molecule has 0 saturated carbocycles. The minimum atomic E-state index is -1.24. The van der Waals surface area contributed by atoms with Crippen LogP contribution < -0.4 is 4.57 Å². The zero-order valence-corrected chi connectivity index (χ0v) is 9.06. The maximum Gasteiger partial charge on any atom is 0.237 e. The third kappa shape index (κ3) is 1.56. The molecule has 1 saturated heterocycles. The number of rotatable bonds is 1. The second-order valence-corrected chi connectivity index (χ2v) is 8.68. The van der Waals surface area contributed by atoms with Gasteiger partial charge in [0.1, 0.15) is 0 Å². The summed E-state index contributed by atoms with van der Waals surface area (Å²) in [5.74, 6) is 0.816. The van der Waals surface area contributed by atoms with Crippen LogP contribution in [0.5, 0.6) is 0 Å². The lowest BCUT2D eigenvalue weighted by atomic mass is 10.5. The fraction of sp³-hybridized carbons (Fsp3) is 0.625. The molecule has 1 aliphatic heterocycles. The van der Waals surface area contributed by atoms with Crippen molar-refractivity contribution in [3.8, 4) is 0 Å². The molecule has 4 nitrogen and oxygen atoms in total. The van der Waals surface area contributed by atoms with Crippen LogP contribution in [0.25, 0.3) is 0 Å². The summed E-state index contributed by atoms with van der Waals surface area (Å²) >= 11 is 0. The van der Waals surface area contributed by atoms with Crippen molar-refractivity contribution in [2.24, 2.45) is 0 Å². The van der Waals surface area contributed by atoms with E-state index in [1.54, 1.807) is 12.4 Å². The molecule has 1 fully saturated rings. The SMILES string of the molecule is C[Si]1(C)CCCN1c1nccnn1. The van der Waals surface area contributed by atoms with E-state index >= 15 is 0 Å². The Morgan fingerprint density at radius 3 is 2.77 bits per heavy atom. The van der Waals surface area contributed by atoms with E-state index in [1.807, 2.05) is 0 Å². The zero-order valence-electron chi connectivity index (χ0n) is 8.06. The molecule has 0 amide bonds. The molecule has 5 heteroatoms. The van der Waals surface area contributed by atoms with E-state index in [0.717, 1.165) is 12.5 Å². The number of hydrogen-bond donors (Lipinski definition) is 0. The first-order valence-electron chi connectivity index (χ1n) is 4.61. The Morgan fingerprint density at radius 2 is 2.23 bits per heavy atom. The third-order valence-electron chi connectivity index (χ3n) is 2.61. The van der Waals surface area contributed by atoms with Crippen LogP contribution in [0.4, 0.5) is 5.95 Å². The van der Waals surface area contributed by atoms with Crippen LogP contribution in [-0.4, -0.2) is 30.0 Å². The van der Waals surface area contributed by atoms with Crippen molar-refractivity contribution in [2.45, 2.75) is 25.6 Å². The van der Waals surface area contributed by atoms with E-state index in [-0.39, 0.29) is 0 Å². The van der Waals surface area contributed by atoms with Crippen molar-refractivity contribution in [3.05, 3.63) is 12.4 Å². The molecule has 1 aromatic heterocycles. The van der Waals surface area contributed by atoms with Crippen molar-refractivity contribution in [1.82, 2.24) is 15.2 Å². The Balaban J connectivity index is 2.27. The van der Waals surface area contributed by atoms with Crippen LogP contribution in [0, 0.1) is 0 Å². The predicted octanol–water partition coefficient (Wildman–Crippen LogP) is 1.29. The number of nitrogens with zero attached hydrogens (tertiary/aromatic N) is 4. The van der Waals surface area contributed by atoms with E-state index in [1.165, 1.54) is 12.5 Å². The van der Waals surface area contributed by atoms with Gasteiger partial charge in [-0.3, -0.25) is 0 Å². The molecule has 0 aromatic carbocycles. The van der Waals surface area contributed by atoms with Gasteiger partial charge in [-0.05, 0) is 12.5 Å².